The van der Waals surface area contributed by atoms with E-state index in [4.69, 9.17) is 10.5 Å². The molecule has 0 bridgehead atoms. The summed E-state index contributed by atoms with van der Waals surface area (Å²) in [5.74, 6) is 0.977. The number of hydrogen-bond acceptors (Lipinski definition) is 2. The molecule has 2 aliphatic rings. The highest BCUT2D eigenvalue weighted by molar-refractivity contribution is 9.10. The Labute approximate surface area is 123 Å². The van der Waals surface area contributed by atoms with Crippen molar-refractivity contribution in [1.82, 2.24) is 0 Å². The molecule has 2 N–H and O–H groups in total. The maximum atomic E-state index is 6.66. The van der Waals surface area contributed by atoms with Crippen molar-refractivity contribution < 1.29 is 4.74 Å². The first-order valence-electron chi connectivity index (χ1n) is 7.33. The van der Waals surface area contributed by atoms with Gasteiger partial charge in [-0.3, -0.25) is 0 Å². The third-order valence-electron chi connectivity index (χ3n) is 4.77. The molecule has 3 heteroatoms. The zero-order valence-corrected chi connectivity index (χ0v) is 13.2. The van der Waals surface area contributed by atoms with Crippen LogP contribution in [0, 0.1) is 0 Å². The largest absolute Gasteiger partial charge is 0.495 e. The maximum absolute atomic E-state index is 6.66. The second-order valence-electron chi connectivity index (χ2n) is 5.98. The van der Waals surface area contributed by atoms with E-state index in [2.05, 4.69) is 22.0 Å². The Morgan fingerprint density at radius 1 is 1.16 bits per heavy atom. The van der Waals surface area contributed by atoms with Crippen molar-refractivity contribution in [2.75, 3.05) is 7.11 Å². The summed E-state index contributed by atoms with van der Waals surface area (Å²) in [6.45, 7) is 0. The SMILES string of the molecule is COc1c(C2(N)CCCC2)cc2c(c1Br)CCCC2. The Kier molecular flexibility index (Phi) is 3.61. The third-order valence-corrected chi connectivity index (χ3v) is 5.61. The van der Waals surface area contributed by atoms with Crippen molar-refractivity contribution in [1.29, 1.82) is 0 Å². The molecule has 0 amide bonds. The lowest BCUT2D eigenvalue weighted by Gasteiger charge is -2.30. The molecule has 1 aromatic carbocycles. The van der Waals surface area contributed by atoms with Gasteiger partial charge in [0, 0.05) is 11.1 Å². The summed E-state index contributed by atoms with van der Waals surface area (Å²) < 4.78 is 6.84. The van der Waals surface area contributed by atoms with E-state index in [9.17, 15) is 0 Å². The Balaban J connectivity index is 2.15. The fraction of sp³-hybridized carbons (Fsp3) is 0.625. The van der Waals surface area contributed by atoms with E-state index in [1.54, 1.807) is 7.11 Å². The second-order valence-corrected chi connectivity index (χ2v) is 6.77. The molecule has 1 saturated carbocycles. The molecule has 0 atom stereocenters. The highest BCUT2D eigenvalue weighted by Crippen LogP contribution is 2.46. The van der Waals surface area contributed by atoms with E-state index in [1.165, 1.54) is 48.8 Å². The first-order valence-corrected chi connectivity index (χ1v) is 8.12. The van der Waals surface area contributed by atoms with Gasteiger partial charge in [-0.2, -0.15) is 0 Å². The van der Waals surface area contributed by atoms with Crippen molar-refractivity contribution in [3.8, 4) is 5.75 Å². The molecule has 0 aliphatic heterocycles. The molecule has 1 aromatic rings. The standard InChI is InChI=1S/C16H22BrNO/c1-19-15-13(16(18)8-4-5-9-16)10-11-6-2-3-7-12(11)14(15)17/h10H,2-9,18H2,1H3. The van der Waals surface area contributed by atoms with Gasteiger partial charge in [0.2, 0.25) is 0 Å². The van der Waals surface area contributed by atoms with Crippen LogP contribution in [-0.4, -0.2) is 7.11 Å². The van der Waals surface area contributed by atoms with Crippen molar-refractivity contribution >= 4 is 15.9 Å². The minimum absolute atomic E-state index is 0.180. The van der Waals surface area contributed by atoms with Gasteiger partial charge in [-0.15, -0.1) is 0 Å². The van der Waals surface area contributed by atoms with Gasteiger partial charge in [-0.25, -0.2) is 0 Å². The number of ether oxygens (including phenoxy) is 1. The number of benzene rings is 1. The number of halogens is 1. The number of methoxy groups -OCH3 is 1. The first-order chi connectivity index (χ1) is 9.15. The van der Waals surface area contributed by atoms with Crippen LogP contribution in [0.5, 0.6) is 5.75 Å². The van der Waals surface area contributed by atoms with Gasteiger partial charge in [-0.05, 0) is 71.6 Å². The average molecular weight is 324 g/mol. The number of fused-ring (bicyclic) bond motifs is 1. The van der Waals surface area contributed by atoms with E-state index in [1.807, 2.05) is 0 Å². The van der Waals surface area contributed by atoms with Crippen molar-refractivity contribution in [3.63, 3.8) is 0 Å². The first kappa shape index (κ1) is 13.4. The molecule has 3 rings (SSSR count). The number of nitrogens with two attached hydrogens (primary N) is 1. The van der Waals surface area contributed by atoms with Crippen LogP contribution in [0.3, 0.4) is 0 Å². The number of hydrogen-bond donors (Lipinski definition) is 1. The molecule has 0 unspecified atom stereocenters. The highest BCUT2D eigenvalue weighted by Gasteiger charge is 2.35. The van der Waals surface area contributed by atoms with Crippen LogP contribution in [-0.2, 0) is 18.4 Å². The molecule has 0 aromatic heterocycles. The minimum Gasteiger partial charge on any atom is -0.495 e. The molecule has 1 fully saturated rings. The Morgan fingerprint density at radius 3 is 2.53 bits per heavy atom. The van der Waals surface area contributed by atoms with Crippen molar-refractivity contribution in [2.24, 2.45) is 5.73 Å². The van der Waals surface area contributed by atoms with Gasteiger partial charge >= 0.3 is 0 Å². The minimum atomic E-state index is -0.180. The van der Waals surface area contributed by atoms with Crippen LogP contribution in [0.2, 0.25) is 0 Å². The summed E-state index contributed by atoms with van der Waals surface area (Å²) in [6, 6.07) is 2.34. The van der Waals surface area contributed by atoms with Crippen LogP contribution in [0.1, 0.15) is 55.2 Å². The Hall–Kier alpha value is -0.540. The molecule has 2 aliphatic carbocycles. The lowest BCUT2D eigenvalue weighted by molar-refractivity contribution is 0.375. The van der Waals surface area contributed by atoms with Gasteiger partial charge in [0.15, 0.2) is 0 Å². The Bertz CT molecular complexity index is 492. The van der Waals surface area contributed by atoms with Crippen LogP contribution in [0.25, 0.3) is 0 Å². The van der Waals surface area contributed by atoms with Gasteiger partial charge in [0.1, 0.15) is 5.75 Å². The van der Waals surface area contributed by atoms with E-state index in [0.29, 0.717) is 0 Å². The lowest BCUT2D eigenvalue weighted by Crippen LogP contribution is -2.34. The van der Waals surface area contributed by atoms with E-state index < -0.39 is 0 Å². The monoisotopic (exact) mass is 323 g/mol. The molecular weight excluding hydrogens is 302 g/mol. The fourth-order valence-corrected chi connectivity index (χ4v) is 4.51. The number of rotatable bonds is 2. The summed E-state index contributed by atoms with van der Waals surface area (Å²) in [7, 11) is 1.76. The molecule has 0 saturated heterocycles. The van der Waals surface area contributed by atoms with Gasteiger partial charge < -0.3 is 10.5 Å². The normalized spacial score (nSPS) is 21.2. The summed E-state index contributed by atoms with van der Waals surface area (Å²) in [4.78, 5) is 0. The van der Waals surface area contributed by atoms with Crippen LogP contribution in [0.4, 0.5) is 0 Å². The van der Waals surface area contributed by atoms with Gasteiger partial charge in [0.05, 0.1) is 11.6 Å². The molecule has 19 heavy (non-hydrogen) atoms. The summed E-state index contributed by atoms with van der Waals surface area (Å²) in [5, 5.41) is 0. The third kappa shape index (κ3) is 2.21. The van der Waals surface area contributed by atoms with E-state index in [0.717, 1.165) is 29.5 Å². The van der Waals surface area contributed by atoms with Gasteiger partial charge in [-0.1, -0.05) is 12.8 Å². The second kappa shape index (κ2) is 5.10. The predicted octanol–water partition coefficient (Wildman–Crippen LogP) is 4.06. The quantitative estimate of drug-likeness (QED) is 0.890. The molecule has 104 valence electrons. The zero-order chi connectivity index (χ0) is 13.5. The van der Waals surface area contributed by atoms with E-state index >= 15 is 0 Å². The summed E-state index contributed by atoms with van der Waals surface area (Å²) >= 11 is 3.77. The molecule has 2 nitrogen and oxygen atoms in total. The van der Waals surface area contributed by atoms with Gasteiger partial charge in [0.25, 0.3) is 0 Å². The van der Waals surface area contributed by atoms with Crippen LogP contribution < -0.4 is 10.5 Å². The lowest BCUT2D eigenvalue weighted by atomic mass is 9.83. The van der Waals surface area contributed by atoms with E-state index in [-0.39, 0.29) is 5.54 Å². The average Bonchev–Trinajstić information content (AvgIpc) is 2.87. The molecule has 0 heterocycles. The summed E-state index contributed by atoms with van der Waals surface area (Å²) in [5.41, 5.74) is 10.6. The topological polar surface area (TPSA) is 35.2 Å². The molecule has 0 spiro atoms. The molecule has 0 radical (unpaired) electrons. The van der Waals surface area contributed by atoms with Crippen molar-refractivity contribution in [3.05, 3.63) is 27.2 Å². The Morgan fingerprint density at radius 2 is 1.84 bits per heavy atom. The smallest absolute Gasteiger partial charge is 0.138 e. The molecular formula is C16H22BrNO. The van der Waals surface area contributed by atoms with Crippen molar-refractivity contribution in [2.45, 2.75) is 56.9 Å². The number of aryl methyl sites for hydroxylation is 1. The highest BCUT2D eigenvalue weighted by atomic mass is 79.9. The fourth-order valence-electron chi connectivity index (χ4n) is 3.68. The van der Waals surface area contributed by atoms with Crippen LogP contribution >= 0.6 is 15.9 Å². The zero-order valence-electron chi connectivity index (χ0n) is 11.6. The predicted molar refractivity (Wildman–Crippen MR) is 81.7 cm³/mol. The summed E-state index contributed by atoms with van der Waals surface area (Å²) in [6.07, 6.45) is 9.53. The maximum Gasteiger partial charge on any atom is 0.138 e. The van der Waals surface area contributed by atoms with Crippen LogP contribution in [0.15, 0.2) is 10.5 Å².